The van der Waals surface area contributed by atoms with Crippen LogP contribution in [0.5, 0.6) is 0 Å². The van der Waals surface area contributed by atoms with Crippen LogP contribution in [-0.4, -0.2) is 26.3 Å². The maximum Gasteiger partial charge on any atom is 0.434 e. The lowest BCUT2D eigenvalue weighted by molar-refractivity contribution is -0.141. The van der Waals surface area contributed by atoms with Gasteiger partial charge in [-0.05, 0) is 19.9 Å². The third-order valence-corrected chi connectivity index (χ3v) is 3.58. The van der Waals surface area contributed by atoms with Crippen LogP contribution in [-0.2, 0) is 19.6 Å². The molecule has 3 rings (SSSR count). The Bertz CT molecular complexity index is 677. The Morgan fingerprint density at radius 2 is 2.10 bits per heavy atom. The van der Waals surface area contributed by atoms with Crippen molar-refractivity contribution in [3.63, 3.8) is 0 Å². The summed E-state index contributed by atoms with van der Waals surface area (Å²) < 4.78 is 39.9. The van der Waals surface area contributed by atoms with Gasteiger partial charge in [0.05, 0.1) is 23.8 Å². The van der Waals surface area contributed by atoms with E-state index >= 15 is 0 Å². The van der Waals surface area contributed by atoms with Crippen LogP contribution in [0.15, 0.2) is 12.4 Å². The van der Waals surface area contributed by atoms with Gasteiger partial charge in [0.15, 0.2) is 5.69 Å². The summed E-state index contributed by atoms with van der Waals surface area (Å²) in [6, 6.07) is 0.0763. The quantitative estimate of drug-likeness (QED) is 0.876. The molecule has 5 nitrogen and oxygen atoms in total. The highest BCUT2D eigenvalue weighted by Gasteiger charge is 2.34. The third-order valence-electron chi connectivity index (χ3n) is 3.58. The van der Waals surface area contributed by atoms with Crippen molar-refractivity contribution in [2.45, 2.75) is 25.6 Å². The average molecular weight is 297 g/mol. The Morgan fingerprint density at radius 1 is 1.33 bits per heavy atom. The van der Waals surface area contributed by atoms with Gasteiger partial charge in [-0.25, -0.2) is 4.98 Å². The Labute approximate surface area is 119 Å². The normalized spacial score (nSPS) is 18.6. The van der Waals surface area contributed by atoms with Gasteiger partial charge in [0.2, 0.25) is 0 Å². The van der Waals surface area contributed by atoms with E-state index in [1.807, 2.05) is 6.92 Å². The molecular weight excluding hydrogens is 283 g/mol. The van der Waals surface area contributed by atoms with Gasteiger partial charge < -0.3 is 5.32 Å². The highest BCUT2D eigenvalue weighted by Crippen LogP contribution is 2.32. The van der Waals surface area contributed by atoms with Crippen molar-refractivity contribution in [1.29, 1.82) is 0 Å². The van der Waals surface area contributed by atoms with E-state index in [0.717, 1.165) is 24.0 Å². The van der Waals surface area contributed by atoms with E-state index in [-0.39, 0.29) is 11.7 Å². The van der Waals surface area contributed by atoms with Gasteiger partial charge in [-0.15, -0.1) is 0 Å². The number of nitrogens with zero attached hydrogens (tertiary/aromatic N) is 4. The smallest absolute Gasteiger partial charge is 0.308 e. The molecule has 112 valence electrons. The zero-order chi connectivity index (χ0) is 15.2. The van der Waals surface area contributed by atoms with E-state index in [0.29, 0.717) is 12.1 Å². The molecule has 0 fully saturated rings. The Morgan fingerprint density at radius 3 is 2.81 bits per heavy atom. The summed E-state index contributed by atoms with van der Waals surface area (Å²) >= 11 is 0. The number of hydrogen-bond donors (Lipinski definition) is 1. The number of alkyl halides is 3. The molecule has 1 N–H and O–H groups in total. The highest BCUT2D eigenvalue weighted by molar-refractivity contribution is 5.61. The number of halogens is 3. The minimum Gasteiger partial charge on any atom is -0.308 e. The lowest BCUT2D eigenvalue weighted by Crippen LogP contribution is -2.27. The highest BCUT2D eigenvalue weighted by atomic mass is 19.4. The van der Waals surface area contributed by atoms with Crippen LogP contribution in [0.2, 0.25) is 0 Å². The molecule has 1 aliphatic heterocycles. The second-order valence-electron chi connectivity index (χ2n) is 5.05. The van der Waals surface area contributed by atoms with Gasteiger partial charge in [0.25, 0.3) is 0 Å². The molecule has 1 unspecified atom stereocenters. The van der Waals surface area contributed by atoms with Crippen molar-refractivity contribution < 1.29 is 13.2 Å². The maximum atomic E-state index is 12.8. The summed E-state index contributed by atoms with van der Waals surface area (Å²) in [5.41, 5.74) is 1.62. The topological polar surface area (TPSA) is 55.6 Å². The average Bonchev–Trinajstić information content (AvgIpc) is 2.76. The molecule has 0 amide bonds. The maximum absolute atomic E-state index is 12.8. The molecule has 1 aliphatic rings. The largest absolute Gasteiger partial charge is 0.434 e. The van der Waals surface area contributed by atoms with E-state index in [2.05, 4.69) is 20.4 Å². The Kier molecular flexibility index (Phi) is 3.20. The fraction of sp³-hybridized carbons (Fsp3) is 0.462. The number of aromatic nitrogens is 4. The van der Waals surface area contributed by atoms with Crippen LogP contribution >= 0.6 is 0 Å². The number of nitrogens with one attached hydrogen (secondary N) is 1. The van der Waals surface area contributed by atoms with Crippen LogP contribution in [0, 0.1) is 0 Å². The number of fused-ring (bicyclic) bond motifs is 1. The molecule has 1 atom stereocenters. The lowest BCUT2D eigenvalue weighted by Gasteiger charge is -2.19. The van der Waals surface area contributed by atoms with E-state index < -0.39 is 11.9 Å². The molecule has 0 aliphatic carbocycles. The monoisotopic (exact) mass is 297 g/mol. The SMILES string of the molecule is CC1NCCc2c1nn(C)c2-c1cncc(C(F)(F)F)n1. The van der Waals surface area contributed by atoms with E-state index in [4.69, 9.17) is 0 Å². The molecule has 8 heteroatoms. The van der Waals surface area contributed by atoms with Crippen molar-refractivity contribution in [3.05, 3.63) is 29.3 Å². The van der Waals surface area contributed by atoms with Crippen molar-refractivity contribution >= 4 is 0 Å². The number of aryl methyl sites for hydroxylation is 1. The van der Waals surface area contributed by atoms with E-state index in [1.54, 1.807) is 11.7 Å². The van der Waals surface area contributed by atoms with Crippen LogP contribution < -0.4 is 5.32 Å². The van der Waals surface area contributed by atoms with Gasteiger partial charge in [0.1, 0.15) is 5.69 Å². The van der Waals surface area contributed by atoms with Crippen LogP contribution in [0.4, 0.5) is 13.2 Å². The van der Waals surface area contributed by atoms with E-state index in [1.165, 1.54) is 6.20 Å². The molecule has 0 saturated heterocycles. The standard InChI is InChI=1S/C13H14F3N5/c1-7-11-8(3-4-18-7)12(21(2)20-11)9-5-17-6-10(19-9)13(14,15)16/h5-7,18H,3-4H2,1-2H3. The molecule has 3 heterocycles. The summed E-state index contributed by atoms with van der Waals surface area (Å²) in [4.78, 5) is 7.39. The first-order valence-electron chi connectivity index (χ1n) is 6.56. The number of rotatable bonds is 1. The molecule has 0 bridgehead atoms. The minimum atomic E-state index is -4.50. The van der Waals surface area contributed by atoms with Crippen molar-refractivity contribution in [2.75, 3.05) is 6.54 Å². The van der Waals surface area contributed by atoms with Crippen LogP contribution in [0.25, 0.3) is 11.4 Å². The first kappa shape index (κ1) is 14.0. The second kappa shape index (κ2) is 4.80. The first-order chi connectivity index (χ1) is 9.88. The van der Waals surface area contributed by atoms with Gasteiger partial charge in [-0.1, -0.05) is 0 Å². The zero-order valence-corrected chi connectivity index (χ0v) is 11.6. The van der Waals surface area contributed by atoms with Gasteiger partial charge in [-0.3, -0.25) is 9.67 Å². The summed E-state index contributed by atoms with van der Waals surface area (Å²) in [7, 11) is 1.71. The lowest BCUT2D eigenvalue weighted by atomic mass is 9.99. The van der Waals surface area contributed by atoms with Gasteiger partial charge in [-0.2, -0.15) is 18.3 Å². The minimum absolute atomic E-state index is 0.0763. The molecule has 0 saturated carbocycles. The Hall–Kier alpha value is -1.96. The molecule has 2 aromatic heterocycles. The van der Waals surface area contributed by atoms with Gasteiger partial charge >= 0.3 is 6.18 Å². The summed E-state index contributed by atoms with van der Waals surface area (Å²) in [6.07, 6.45) is -1.72. The van der Waals surface area contributed by atoms with Gasteiger partial charge in [0, 0.05) is 18.7 Å². The fourth-order valence-electron chi connectivity index (χ4n) is 2.63. The predicted octanol–water partition coefficient (Wildman–Crippen LogP) is 2.10. The summed E-state index contributed by atoms with van der Waals surface area (Å²) in [5, 5.41) is 7.68. The third kappa shape index (κ3) is 2.39. The van der Waals surface area contributed by atoms with Crippen molar-refractivity contribution in [1.82, 2.24) is 25.1 Å². The summed E-state index contributed by atoms with van der Waals surface area (Å²) in [5.74, 6) is 0. The summed E-state index contributed by atoms with van der Waals surface area (Å²) in [6.45, 7) is 2.74. The van der Waals surface area contributed by atoms with E-state index in [9.17, 15) is 13.2 Å². The fourth-order valence-corrected chi connectivity index (χ4v) is 2.63. The number of hydrogen-bond acceptors (Lipinski definition) is 4. The molecule has 0 aromatic carbocycles. The molecule has 2 aromatic rings. The molecule has 0 radical (unpaired) electrons. The van der Waals surface area contributed by atoms with Crippen LogP contribution in [0.1, 0.15) is 29.9 Å². The van der Waals surface area contributed by atoms with Crippen LogP contribution in [0.3, 0.4) is 0 Å². The molecule has 21 heavy (non-hydrogen) atoms. The molecule has 0 spiro atoms. The van der Waals surface area contributed by atoms with Crippen molar-refractivity contribution in [2.24, 2.45) is 7.05 Å². The first-order valence-corrected chi connectivity index (χ1v) is 6.56. The predicted molar refractivity (Wildman–Crippen MR) is 69.4 cm³/mol. The zero-order valence-electron chi connectivity index (χ0n) is 11.6. The Balaban J connectivity index is 2.13. The second-order valence-corrected chi connectivity index (χ2v) is 5.05. The molecular formula is C13H14F3N5. The van der Waals surface area contributed by atoms with Crippen molar-refractivity contribution in [3.8, 4) is 11.4 Å².